The van der Waals surface area contributed by atoms with Crippen molar-refractivity contribution in [3.8, 4) is 0 Å². The van der Waals surface area contributed by atoms with Crippen molar-refractivity contribution in [1.82, 2.24) is 4.90 Å². The van der Waals surface area contributed by atoms with Gasteiger partial charge >= 0.3 is 12.2 Å². The third-order valence-electron chi connectivity index (χ3n) is 3.02. The first-order chi connectivity index (χ1) is 8.86. The second kappa shape index (κ2) is 5.11. The maximum atomic E-state index is 12.5. The van der Waals surface area contributed by atoms with E-state index in [-0.39, 0.29) is 11.7 Å². The van der Waals surface area contributed by atoms with Gasteiger partial charge < -0.3 is 10.2 Å². The van der Waals surface area contributed by atoms with E-state index in [1.807, 2.05) is 0 Å². The lowest BCUT2D eigenvalue weighted by Crippen LogP contribution is -2.33. The van der Waals surface area contributed by atoms with Crippen LogP contribution in [0, 0.1) is 5.92 Å². The first-order valence-corrected chi connectivity index (χ1v) is 6.05. The summed E-state index contributed by atoms with van der Waals surface area (Å²) in [6.07, 6.45) is -2.18. The van der Waals surface area contributed by atoms with E-state index in [0.29, 0.717) is 12.5 Å². The summed E-state index contributed by atoms with van der Waals surface area (Å²) in [6, 6.07) is 4.25. The highest BCUT2D eigenvalue weighted by molar-refractivity contribution is 5.89. The van der Waals surface area contributed by atoms with Gasteiger partial charge in [-0.25, -0.2) is 4.79 Å². The molecule has 0 unspecified atom stereocenters. The molecule has 0 aliphatic heterocycles. The third-order valence-corrected chi connectivity index (χ3v) is 3.02. The number of carbonyl (C=O) groups excluding carboxylic acids is 1. The number of benzene rings is 1. The SMILES string of the molecule is CN(CC1CC1)C(=O)Nc1cccc(C(F)(F)F)c1. The fourth-order valence-corrected chi connectivity index (χ4v) is 1.76. The average molecular weight is 272 g/mol. The van der Waals surface area contributed by atoms with Crippen LogP contribution in [0.2, 0.25) is 0 Å². The molecule has 1 aliphatic carbocycles. The molecule has 0 aromatic heterocycles. The number of hydrogen-bond donors (Lipinski definition) is 1. The summed E-state index contributed by atoms with van der Waals surface area (Å²) in [7, 11) is 1.64. The minimum Gasteiger partial charge on any atom is -0.327 e. The first kappa shape index (κ1) is 13.7. The molecule has 2 amide bonds. The number of halogens is 3. The molecule has 1 aliphatic rings. The minimum absolute atomic E-state index is 0.155. The second-order valence-electron chi connectivity index (χ2n) is 4.83. The van der Waals surface area contributed by atoms with Crippen molar-refractivity contribution in [3.05, 3.63) is 29.8 Å². The zero-order chi connectivity index (χ0) is 14.0. The highest BCUT2D eigenvalue weighted by Crippen LogP contribution is 2.31. The molecule has 1 aromatic carbocycles. The molecule has 1 aromatic rings. The quantitative estimate of drug-likeness (QED) is 0.896. The van der Waals surface area contributed by atoms with Crippen molar-refractivity contribution in [2.75, 3.05) is 18.9 Å². The minimum atomic E-state index is -4.40. The molecule has 19 heavy (non-hydrogen) atoms. The van der Waals surface area contributed by atoms with Gasteiger partial charge in [-0.3, -0.25) is 0 Å². The van der Waals surface area contributed by atoms with E-state index in [1.165, 1.54) is 17.0 Å². The summed E-state index contributed by atoms with van der Waals surface area (Å²) in [4.78, 5) is 13.3. The van der Waals surface area contributed by atoms with Gasteiger partial charge in [0.1, 0.15) is 0 Å². The molecule has 0 radical (unpaired) electrons. The molecule has 1 saturated carbocycles. The second-order valence-corrected chi connectivity index (χ2v) is 4.83. The maximum Gasteiger partial charge on any atom is 0.416 e. The van der Waals surface area contributed by atoms with Gasteiger partial charge in [-0.05, 0) is 37.0 Å². The summed E-state index contributed by atoms with van der Waals surface area (Å²) >= 11 is 0. The summed E-state index contributed by atoms with van der Waals surface area (Å²) in [6.45, 7) is 0.644. The molecular formula is C13H15F3N2O. The Labute approximate surface area is 109 Å². The van der Waals surface area contributed by atoms with Gasteiger partial charge in [0, 0.05) is 19.3 Å². The van der Waals surface area contributed by atoms with Gasteiger partial charge in [-0.2, -0.15) is 13.2 Å². The van der Waals surface area contributed by atoms with E-state index < -0.39 is 11.7 Å². The van der Waals surface area contributed by atoms with Crippen LogP contribution in [0.25, 0.3) is 0 Å². The normalized spacial score (nSPS) is 15.2. The fourth-order valence-electron chi connectivity index (χ4n) is 1.76. The van der Waals surface area contributed by atoms with Crippen LogP contribution in [0.15, 0.2) is 24.3 Å². The van der Waals surface area contributed by atoms with Crippen molar-refractivity contribution < 1.29 is 18.0 Å². The Bertz CT molecular complexity index is 469. The zero-order valence-electron chi connectivity index (χ0n) is 10.5. The number of hydrogen-bond acceptors (Lipinski definition) is 1. The molecule has 3 nitrogen and oxygen atoms in total. The lowest BCUT2D eigenvalue weighted by atomic mass is 10.2. The van der Waals surface area contributed by atoms with Crippen molar-refractivity contribution >= 4 is 11.7 Å². The van der Waals surface area contributed by atoms with Crippen LogP contribution < -0.4 is 5.32 Å². The predicted octanol–water partition coefficient (Wildman–Crippen LogP) is 3.58. The molecule has 104 valence electrons. The number of alkyl halides is 3. The molecular weight excluding hydrogens is 257 g/mol. The first-order valence-electron chi connectivity index (χ1n) is 6.05. The van der Waals surface area contributed by atoms with Crippen LogP contribution in [0.1, 0.15) is 18.4 Å². The summed E-state index contributed by atoms with van der Waals surface area (Å²) in [5.41, 5.74) is -0.613. The van der Waals surface area contributed by atoms with E-state index in [4.69, 9.17) is 0 Å². The molecule has 0 atom stereocenters. The van der Waals surface area contributed by atoms with Gasteiger partial charge in [-0.15, -0.1) is 0 Å². The zero-order valence-corrected chi connectivity index (χ0v) is 10.5. The summed E-state index contributed by atoms with van der Waals surface area (Å²) in [5, 5.41) is 2.47. The highest BCUT2D eigenvalue weighted by Gasteiger charge is 2.30. The topological polar surface area (TPSA) is 32.3 Å². The van der Waals surface area contributed by atoms with E-state index in [9.17, 15) is 18.0 Å². The van der Waals surface area contributed by atoms with Gasteiger partial charge in [0.25, 0.3) is 0 Å². The van der Waals surface area contributed by atoms with Crippen molar-refractivity contribution in [2.24, 2.45) is 5.92 Å². The van der Waals surface area contributed by atoms with E-state index >= 15 is 0 Å². The third kappa shape index (κ3) is 3.87. The number of nitrogens with one attached hydrogen (secondary N) is 1. The van der Waals surface area contributed by atoms with Crippen LogP contribution in [-0.4, -0.2) is 24.5 Å². The number of carbonyl (C=O) groups is 1. The Morgan fingerprint density at radius 1 is 1.42 bits per heavy atom. The molecule has 2 rings (SSSR count). The molecule has 0 heterocycles. The van der Waals surface area contributed by atoms with Gasteiger partial charge in [-0.1, -0.05) is 6.07 Å². The van der Waals surface area contributed by atoms with Crippen molar-refractivity contribution in [1.29, 1.82) is 0 Å². The Morgan fingerprint density at radius 2 is 2.11 bits per heavy atom. The Balaban J connectivity index is 1.99. The van der Waals surface area contributed by atoms with Gasteiger partial charge in [0.05, 0.1) is 5.56 Å². The molecule has 0 bridgehead atoms. The van der Waals surface area contributed by atoms with Crippen LogP contribution in [0.3, 0.4) is 0 Å². The van der Waals surface area contributed by atoms with Crippen LogP contribution in [-0.2, 0) is 6.18 Å². The average Bonchev–Trinajstić information content (AvgIpc) is 3.12. The van der Waals surface area contributed by atoms with Gasteiger partial charge in [0.2, 0.25) is 0 Å². The molecule has 1 fully saturated rings. The Hall–Kier alpha value is -1.72. The smallest absolute Gasteiger partial charge is 0.327 e. The van der Waals surface area contributed by atoms with E-state index in [1.54, 1.807) is 7.05 Å². The van der Waals surface area contributed by atoms with Gasteiger partial charge in [0.15, 0.2) is 0 Å². The van der Waals surface area contributed by atoms with Crippen LogP contribution in [0.5, 0.6) is 0 Å². The monoisotopic (exact) mass is 272 g/mol. The number of amides is 2. The fraction of sp³-hybridized carbons (Fsp3) is 0.462. The predicted molar refractivity (Wildman–Crippen MR) is 65.8 cm³/mol. The number of rotatable bonds is 3. The number of anilines is 1. The highest BCUT2D eigenvalue weighted by atomic mass is 19.4. The van der Waals surface area contributed by atoms with E-state index in [0.717, 1.165) is 25.0 Å². The Kier molecular flexibility index (Phi) is 3.68. The van der Waals surface area contributed by atoms with Crippen molar-refractivity contribution in [3.63, 3.8) is 0 Å². The summed E-state index contributed by atoms with van der Waals surface area (Å²) < 4.78 is 37.6. The van der Waals surface area contributed by atoms with Crippen LogP contribution in [0.4, 0.5) is 23.7 Å². The van der Waals surface area contributed by atoms with Crippen LogP contribution >= 0.6 is 0 Å². The maximum absolute atomic E-state index is 12.5. The lowest BCUT2D eigenvalue weighted by Gasteiger charge is -2.18. The van der Waals surface area contributed by atoms with Crippen molar-refractivity contribution in [2.45, 2.75) is 19.0 Å². The lowest BCUT2D eigenvalue weighted by molar-refractivity contribution is -0.137. The number of urea groups is 1. The molecule has 0 spiro atoms. The van der Waals surface area contributed by atoms with E-state index in [2.05, 4.69) is 5.32 Å². The largest absolute Gasteiger partial charge is 0.416 e. The molecule has 0 saturated heterocycles. The standard InChI is InChI=1S/C13H15F3N2O/c1-18(8-9-5-6-9)12(19)17-11-4-2-3-10(7-11)13(14,15)16/h2-4,7,9H,5-6,8H2,1H3,(H,17,19). The Morgan fingerprint density at radius 3 is 2.68 bits per heavy atom. The molecule has 6 heteroatoms. The summed E-state index contributed by atoms with van der Waals surface area (Å²) in [5.74, 6) is 0.539. The molecule has 1 N–H and O–H groups in total. The number of nitrogens with zero attached hydrogens (tertiary/aromatic N) is 1.